The minimum atomic E-state index is -1.12. The van der Waals surface area contributed by atoms with Gasteiger partial charge in [-0.05, 0) is 30.7 Å². The highest BCUT2D eigenvalue weighted by molar-refractivity contribution is 6.31. The van der Waals surface area contributed by atoms with Gasteiger partial charge >= 0.3 is 5.97 Å². The van der Waals surface area contributed by atoms with E-state index in [4.69, 9.17) is 16.7 Å². The van der Waals surface area contributed by atoms with Crippen LogP contribution in [0.25, 0.3) is 0 Å². The van der Waals surface area contributed by atoms with Gasteiger partial charge in [-0.25, -0.2) is 9.18 Å². The molecule has 7 nitrogen and oxygen atoms in total. The van der Waals surface area contributed by atoms with Crippen LogP contribution in [0.4, 0.5) is 4.39 Å². The molecular formula is C18H20ClFN4O3. The molecule has 144 valence electrons. The number of carboxylic acid groups (broad SMARTS) is 1. The van der Waals surface area contributed by atoms with Crippen molar-refractivity contribution in [1.82, 2.24) is 19.6 Å². The Bertz CT molecular complexity index is 849. The fourth-order valence-corrected chi connectivity index (χ4v) is 3.29. The maximum atomic E-state index is 13.1. The largest absolute Gasteiger partial charge is 0.476 e. The molecule has 1 atom stereocenters. The molecule has 27 heavy (non-hydrogen) atoms. The molecule has 1 fully saturated rings. The molecule has 1 unspecified atom stereocenters. The van der Waals surface area contributed by atoms with Gasteiger partial charge in [-0.3, -0.25) is 14.4 Å². The van der Waals surface area contributed by atoms with Crippen LogP contribution in [0.5, 0.6) is 0 Å². The van der Waals surface area contributed by atoms with Gasteiger partial charge in [-0.15, -0.1) is 0 Å². The lowest BCUT2D eigenvalue weighted by Gasteiger charge is -2.36. The summed E-state index contributed by atoms with van der Waals surface area (Å²) >= 11 is 6.08. The molecule has 1 aromatic carbocycles. The summed E-state index contributed by atoms with van der Waals surface area (Å²) in [6.07, 6.45) is 1.50. The number of piperazine rings is 1. The summed E-state index contributed by atoms with van der Waals surface area (Å²) in [5.74, 6) is -1.59. The summed E-state index contributed by atoms with van der Waals surface area (Å²) in [6, 6.07) is 5.16. The zero-order valence-electron chi connectivity index (χ0n) is 14.8. The minimum Gasteiger partial charge on any atom is -0.476 e. The number of amides is 1. The van der Waals surface area contributed by atoms with Crippen molar-refractivity contribution in [3.63, 3.8) is 0 Å². The van der Waals surface area contributed by atoms with Crippen LogP contribution in [0.15, 0.2) is 30.5 Å². The molecule has 1 aromatic heterocycles. The predicted octanol–water partition coefficient (Wildman–Crippen LogP) is 2.28. The van der Waals surface area contributed by atoms with Gasteiger partial charge in [0, 0.05) is 43.9 Å². The summed E-state index contributed by atoms with van der Waals surface area (Å²) in [5.41, 5.74) is 0.764. The number of aromatic nitrogens is 2. The van der Waals surface area contributed by atoms with Gasteiger partial charge in [0.05, 0.1) is 0 Å². The Balaban J connectivity index is 1.56. The standard InChI is InChI=1S/C18H20ClFN4O3/c1-12(24-5-4-16(21-24)18(26)27)17(25)23-8-6-22(7-9-23)11-13-2-3-14(20)10-15(13)19/h2-5,10,12H,6-9,11H2,1H3,(H,26,27). The second kappa shape index (κ2) is 8.06. The first kappa shape index (κ1) is 19.3. The van der Waals surface area contributed by atoms with E-state index in [1.807, 2.05) is 0 Å². The van der Waals surface area contributed by atoms with Crippen LogP contribution in [0.3, 0.4) is 0 Å². The number of nitrogens with zero attached hydrogens (tertiary/aromatic N) is 4. The Morgan fingerprint density at radius 3 is 2.56 bits per heavy atom. The zero-order chi connectivity index (χ0) is 19.6. The average Bonchev–Trinajstić information content (AvgIpc) is 3.14. The Morgan fingerprint density at radius 1 is 1.26 bits per heavy atom. The third kappa shape index (κ3) is 4.45. The van der Waals surface area contributed by atoms with E-state index < -0.39 is 12.0 Å². The smallest absolute Gasteiger partial charge is 0.356 e. The normalized spacial score (nSPS) is 16.3. The van der Waals surface area contributed by atoms with Gasteiger partial charge in [-0.2, -0.15) is 5.10 Å². The monoisotopic (exact) mass is 394 g/mol. The molecule has 0 aliphatic carbocycles. The van der Waals surface area contributed by atoms with Crippen molar-refractivity contribution < 1.29 is 19.1 Å². The summed E-state index contributed by atoms with van der Waals surface area (Å²) < 4.78 is 14.5. The maximum absolute atomic E-state index is 13.1. The molecule has 0 bridgehead atoms. The predicted molar refractivity (Wildman–Crippen MR) is 97.2 cm³/mol. The second-order valence-electron chi connectivity index (χ2n) is 6.50. The summed E-state index contributed by atoms with van der Waals surface area (Å²) in [6.45, 7) is 4.74. The molecule has 2 aromatic rings. The molecule has 0 spiro atoms. The number of aromatic carboxylic acids is 1. The minimum absolute atomic E-state index is 0.0874. The van der Waals surface area contributed by atoms with Gasteiger partial charge in [0.15, 0.2) is 5.69 Å². The van der Waals surface area contributed by atoms with Crippen LogP contribution >= 0.6 is 11.6 Å². The topological polar surface area (TPSA) is 78.7 Å². The Kier molecular flexibility index (Phi) is 5.76. The summed E-state index contributed by atoms with van der Waals surface area (Å²) in [7, 11) is 0. The molecule has 1 N–H and O–H groups in total. The first-order chi connectivity index (χ1) is 12.8. The van der Waals surface area contributed by atoms with Crippen LogP contribution in [-0.2, 0) is 11.3 Å². The number of hydrogen-bond acceptors (Lipinski definition) is 4. The zero-order valence-corrected chi connectivity index (χ0v) is 15.6. The first-order valence-corrected chi connectivity index (χ1v) is 8.96. The third-order valence-corrected chi connectivity index (χ3v) is 5.03. The molecule has 0 radical (unpaired) electrons. The first-order valence-electron chi connectivity index (χ1n) is 8.58. The number of carbonyl (C=O) groups is 2. The third-order valence-electron chi connectivity index (χ3n) is 4.67. The number of carbonyl (C=O) groups excluding carboxylic acids is 1. The number of benzene rings is 1. The molecular weight excluding hydrogens is 375 g/mol. The lowest BCUT2D eigenvalue weighted by Crippen LogP contribution is -2.50. The van der Waals surface area contributed by atoms with E-state index in [2.05, 4.69) is 10.00 Å². The van der Waals surface area contributed by atoms with E-state index >= 15 is 0 Å². The van der Waals surface area contributed by atoms with E-state index in [0.29, 0.717) is 37.7 Å². The van der Waals surface area contributed by atoms with Gasteiger partial charge in [0.2, 0.25) is 5.91 Å². The van der Waals surface area contributed by atoms with Crippen molar-refractivity contribution in [2.24, 2.45) is 0 Å². The molecule has 3 rings (SSSR count). The van der Waals surface area contributed by atoms with Crippen LogP contribution < -0.4 is 0 Å². The van der Waals surface area contributed by atoms with Crippen LogP contribution in [0.1, 0.15) is 29.0 Å². The van der Waals surface area contributed by atoms with Crippen LogP contribution in [0, 0.1) is 5.82 Å². The fourth-order valence-electron chi connectivity index (χ4n) is 3.06. The molecule has 9 heteroatoms. The molecule has 1 aliphatic heterocycles. The van der Waals surface area contributed by atoms with Crippen molar-refractivity contribution >= 4 is 23.5 Å². The van der Waals surface area contributed by atoms with Gasteiger partial charge < -0.3 is 10.0 Å². The molecule has 1 amide bonds. The molecule has 0 saturated carbocycles. The molecule has 2 heterocycles. The van der Waals surface area contributed by atoms with Crippen molar-refractivity contribution in [2.75, 3.05) is 26.2 Å². The van der Waals surface area contributed by atoms with Crippen molar-refractivity contribution in [2.45, 2.75) is 19.5 Å². The average molecular weight is 395 g/mol. The van der Waals surface area contributed by atoms with Crippen molar-refractivity contribution in [3.05, 3.63) is 52.6 Å². The highest BCUT2D eigenvalue weighted by Crippen LogP contribution is 2.20. The quantitative estimate of drug-likeness (QED) is 0.841. The molecule has 1 aliphatic rings. The fraction of sp³-hybridized carbons (Fsp3) is 0.389. The summed E-state index contributed by atoms with van der Waals surface area (Å²) in [5, 5.41) is 13.3. The van der Waals surface area contributed by atoms with E-state index in [9.17, 15) is 14.0 Å². The van der Waals surface area contributed by atoms with E-state index in [-0.39, 0.29) is 17.4 Å². The van der Waals surface area contributed by atoms with Gasteiger partial charge in [0.1, 0.15) is 11.9 Å². The highest BCUT2D eigenvalue weighted by atomic mass is 35.5. The van der Waals surface area contributed by atoms with E-state index in [1.54, 1.807) is 17.9 Å². The highest BCUT2D eigenvalue weighted by Gasteiger charge is 2.27. The Morgan fingerprint density at radius 2 is 1.96 bits per heavy atom. The van der Waals surface area contributed by atoms with E-state index in [0.717, 1.165) is 5.56 Å². The number of rotatable bonds is 5. The summed E-state index contributed by atoms with van der Waals surface area (Å²) in [4.78, 5) is 27.5. The van der Waals surface area contributed by atoms with E-state index in [1.165, 1.54) is 29.1 Å². The number of hydrogen-bond donors (Lipinski definition) is 1. The molecule has 1 saturated heterocycles. The maximum Gasteiger partial charge on any atom is 0.356 e. The Hall–Kier alpha value is -2.45. The number of carboxylic acids is 1. The SMILES string of the molecule is CC(C(=O)N1CCN(Cc2ccc(F)cc2Cl)CC1)n1ccc(C(=O)O)n1. The van der Waals surface area contributed by atoms with Crippen molar-refractivity contribution in [1.29, 1.82) is 0 Å². The lowest BCUT2D eigenvalue weighted by atomic mass is 10.2. The Labute approximate surface area is 160 Å². The van der Waals surface area contributed by atoms with Crippen LogP contribution in [0.2, 0.25) is 5.02 Å². The second-order valence-corrected chi connectivity index (χ2v) is 6.91. The number of halogens is 2. The lowest BCUT2D eigenvalue weighted by molar-refractivity contribution is -0.136. The van der Waals surface area contributed by atoms with Crippen molar-refractivity contribution in [3.8, 4) is 0 Å². The van der Waals surface area contributed by atoms with Crippen LogP contribution in [-0.4, -0.2) is 62.7 Å². The van der Waals surface area contributed by atoms with Gasteiger partial charge in [-0.1, -0.05) is 17.7 Å². The van der Waals surface area contributed by atoms with Gasteiger partial charge in [0.25, 0.3) is 0 Å².